The van der Waals surface area contributed by atoms with Gasteiger partial charge < -0.3 is 15.7 Å². The lowest BCUT2D eigenvalue weighted by Crippen LogP contribution is -2.37. The highest BCUT2D eigenvalue weighted by Crippen LogP contribution is 2.14. The first-order valence-corrected chi connectivity index (χ1v) is 6.43. The van der Waals surface area contributed by atoms with E-state index in [1.54, 1.807) is 0 Å². The van der Waals surface area contributed by atoms with Crippen molar-refractivity contribution in [1.82, 2.24) is 4.90 Å². The molecule has 0 bridgehead atoms. The molecule has 0 radical (unpaired) electrons. The fourth-order valence-corrected chi connectivity index (χ4v) is 1.85. The van der Waals surface area contributed by atoms with Gasteiger partial charge in [0.15, 0.2) is 5.96 Å². The second kappa shape index (κ2) is 7.71. The van der Waals surface area contributed by atoms with E-state index in [1.807, 2.05) is 49.1 Å². The monoisotopic (exact) mass is 249 g/mol. The van der Waals surface area contributed by atoms with Gasteiger partial charge in [0, 0.05) is 19.0 Å². The molecule has 3 N–H and O–H groups in total. The molecule has 0 heterocycles. The van der Waals surface area contributed by atoms with Crippen LogP contribution in [0.1, 0.15) is 25.3 Å². The van der Waals surface area contributed by atoms with E-state index >= 15 is 0 Å². The third-order valence-corrected chi connectivity index (χ3v) is 3.05. The average Bonchev–Trinajstić information content (AvgIpc) is 2.42. The van der Waals surface area contributed by atoms with E-state index in [4.69, 9.17) is 5.73 Å². The molecule has 1 unspecified atom stereocenters. The minimum atomic E-state index is 0.0142. The molecule has 1 rings (SSSR count). The molecule has 18 heavy (non-hydrogen) atoms. The van der Waals surface area contributed by atoms with Crippen molar-refractivity contribution in [3.63, 3.8) is 0 Å². The van der Waals surface area contributed by atoms with Crippen molar-refractivity contribution >= 4 is 5.96 Å². The quantitative estimate of drug-likeness (QED) is 0.592. The first-order valence-electron chi connectivity index (χ1n) is 6.43. The number of aliphatic hydroxyl groups excluding tert-OH is 1. The zero-order valence-corrected chi connectivity index (χ0v) is 11.2. The summed E-state index contributed by atoms with van der Waals surface area (Å²) in [7, 11) is 0. The Balaban J connectivity index is 2.67. The molecule has 1 aromatic carbocycles. The van der Waals surface area contributed by atoms with Gasteiger partial charge in [0.25, 0.3) is 0 Å². The van der Waals surface area contributed by atoms with Crippen LogP contribution in [-0.2, 0) is 0 Å². The summed E-state index contributed by atoms with van der Waals surface area (Å²) in [5.74, 6) is 0.565. The topological polar surface area (TPSA) is 61.8 Å². The SMILES string of the molecule is CCN(CC)C(N)=NCC(CO)c1ccccc1. The molecule has 1 atom stereocenters. The zero-order chi connectivity index (χ0) is 13.4. The lowest BCUT2D eigenvalue weighted by molar-refractivity contribution is 0.267. The van der Waals surface area contributed by atoms with Crippen LogP contribution in [0.3, 0.4) is 0 Å². The van der Waals surface area contributed by atoms with Crippen LogP contribution >= 0.6 is 0 Å². The van der Waals surface area contributed by atoms with Crippen molar-refractivity contribution in [2.24, 2.45) is 10.7 Å². The van der Waals surface area contributed by atoms with Crippen molar-refractivity contribution in [2.45, 2.75) is 19.8 Å². The van der Waals surface area contributed by atoms with Crippen LogP contribution in [0.5, 0.6) is 0 Å². The zero-order valence-electron chi connectivity index (χ0n) is 11.2. The molecule has 0 amide bonds. The van der Waals surface area contributed by atoms with E-state index in [1.165, 1.54) is 0 Å². The first kappa shape index (κ1) is 14.5. The lowest BCUT2D eigenvalue weighted by Gasteiger charge is -2.20. The van der Waals surface area contributed by atoms with Crippen LogP contribution in [0.4, 0.5) is 0 Å². The highest BCUT2D eigenvalue weighted by Gasteiger charge is 2.10. The maximum Gasteiger partial charge on any atom is 0.191 e. The Hall–Kier alpha value is -1.55. The number of hydrogen-bond donors (Lipinski definition) is 2. The van der Waals surface area contributed by atoms with E-state index < -0.39 is 0 Å². The second-order valence-corrected chi connectivity index (χ2v) is 4.16. The number of aliphatic hydroxyl groups is 1. The summed E-state index contributed by atoms with van der Waals surface area (Å²) in [5.41, 5.74) is 7.01. The molecule has 4 heteroatoms. The second-order valence-electron chi connectivity index (χ2n) is 4.16. The third-order valence-electron chi connectivity index (χ3n) is 3.05. The van der Waals surface area contributed by atoms with Gasteiger partial charge in [-0.1, -0.05) is 30.3 Å². The van der Waals surface area contributed by atoms with E-state index in [2.05, 4.69) is 4.99 Å². The molecule has 0 aliphatic rings. The minimum Gasteiger partial charge on any atom is -0.396 e. The predicted molar refractivity (Wildman–Crippen MR) is 75.7 cm³/mol. The molecule has 4 nitrogen and oxygen atoms in total. The summed E-state index contributed by atoms with van der Waals surface area (Å²) in [4.78, 5) is 6.37. The van der Waals surface area contributed by atoms with E-state index in [0.717, 1.165) is 18.7 Å². The summed E-state index contributed by atoms with van der Waals surface area (Å²) in [5, 5.41) is 9.42. The molecule has 0 spiro atoms. The third kappa shape index (κ3) is 4.04. The number of nitrogens with two attached hydrogens (primary N) is 1. The average molecular weight is 249 g/mol. The largest absolute Gasteiger partial charge is 0.396 e. The molecule has 0 aromatic heterocycles. The van der Waals surface area contributed by atoms with Crippen molar-refractivity contribution in [2.75, 3.05) is 26.2 Å². The summed E-state index contributed by atoms with van der Waals surface area (Å²) < 4.78 is 0. The molecule has 0 aliphatic heterocycles. The van der Waals surface area contributed by atoms with Crippen molar-refractivity contribution in [3.8, 4) is 0 Å². The van der Waals surface area contributed by atoms with Crippen LogP contribution < -0.4 is 5.73 Å². The molecule has 0 aliphatic carbocycles. The number of guanidine groups is 1. The highest BCUT2D eigenvalue weighted by atomic mass is 16.3. The Bertz CT molecular complexity index is 361. The Morgan fingerprint density at radius 3 is 2.39 bits per heavy atom. The fraction of sp³-hybridized carbons (Fsp3) is 0.500. The lowest BCUT2D eigenvalue weighted by atomic mass is 10.0. The molecular weight excluding hydrogens is 226 g/mol. The van der Waals surface area contributed by atoms with Crippen LogP contribution in [0, 0.1) is 0 Å². The van der Waals surface area contributed by atoms with Gasteiger partial charge in [0.05, 0.1) is 13.2 Å². The molecule has 0 fully saturated rings. The maximum atomic E-state index is 9.42. The van der Waals surface area contributed by atoms with Gasteiger partial charge in [-0.15, -0.1) is 0 Å². The van der Waals surface area contributed by atoms with Crippen molar-refractivity contribution in [3.05, 3.63) is 35.9 Å². The summed E-state index contributed by atoms with van der Waals surface area (Å²) in [6.45, 7) is 6.39. The normalized spacial score (nSPS) is 13.4. The Morgan fingerprint density at radius 1 is 1.28 bits per heavy atom. The Labute approximate surface area is 109 Å². The summed E-state index contributed by atoms with van der Waals surface area (Å²) in [6.07, 6.45) is 0. The number of benzene rings is 1. The number of hydrogen-bond acceptors (Lipinski definition) is 2. The van der Waals surface area contributed by atoms with Crippen molar-refractivity contribution in [1.29, 1.82) is 0 Å². The smallest absolute Gasteiger partial charge is 0.191 e. The number of aliphatic imine (C=N–C) groups is 1. The van der Waals surface area contributed by atoms with E-state index in [9.17, 15) is 5.11 Å². The van der Waals surface area contributed by atoms with Gasteiger partial charge in [-0.05, 0) is 19.4 Å². The minimum absolute atomic E-state index is 0.0142. The van der Waals surface area contributed by atoms with Crippen molar-refractivity contribution < 1.29 is 5.11 Å². The van der Waals surface area contributed by atoms with Gasteiger partial charge in [-0.3, -0.25) is 4.99 Å². The summed E-state index contributed by atoms with van der Waals surface area (Å²) in [6, 6.07) is 9.91. The van der Waals surface area contributed by atoms with Gasteiger partial charge in [0.2, 0.25) is 0 Å². The molecular formula is C14H23N3O. The molecule has 100 valence electrons. The maximum absolute atomic E-state index is 9.42. The van der Waals surface area contributed by atoms with Gasteiger partial charge in [0.1, 0.15) is 0 Å². The van der Waals surface area contributed by atoms with E-state index in [-0.39, 0.29) is 12.5 Å². The standard InChI is InChI=1S/C14H23N3O/c1-3-17(4-2)14(15)16-10-13(11-18)12-8-6-5-7-9-12/h5-9,13,18H,3-4,10-11H2,1-2H3,(H2,15,16). The van der Waals surface area contributed by atoms with E-state index in [0.29, 0.717) is 12.5 Å². The van der Waals surface area contributed by atoms with Gasteiger partial charge >= 0.3 is 0 Å². The molecule has 0 saturated carbocycles. The molecule has 0 saturated heterocycles. The van der Waals surface area contributed by atoms with Gasteiger partial charge in [-0.25, -0.2) is 0 Å². The van der Waals surface area contributed by atoms with Crippen LogP contribution in [-0.4, -0.2) is 42.2 Å². The fourth-order valence-electron chi connectivity index (χ4n) is 1.85. The van der Waals surface area contributed by atoms with Crippen LogP contribution in [0.15, 0.2) is 35.3 Å². The predicted octanol–water partition coefficient (Wildman–Crippen LogP) is 1.42. The number of nitrogens with zero attached hydrogens (tertiary/aromatic N) is 2. The highest BCUT2D eigenvalue weighted by molar-refractivity contribution is 5.78. The van der Waals surface area contributed by atoms with Crippen LogP contribution in [0.25, 0.3) is 0 Å². The Morgan fingerprint density at radius 2 is 1.89 bits per heavy atom. The number of rotatable bonds is 6. The summed E-state index contributed by atoms with van der Waals surface area (Å²) >= 11 is 0. The molecule has 1 aromatic rings. The first-order chi connectivity index (χ1) is 8.72. The van der Waals surface area contributed by atoms with Gasteiger partial charge in [-0.2, -0.15) is 0 Å². The van der Waals surface area contributed by atoms with Crippen LogP contribution in [0.2, 0.25) is 0 Å². The Kier molecular flexibility index (Phi) is 6.22.